The van der Waals surface area contributed by atoms with Crippen molar-refractivity contribution in [1.29, 1.82) is 0 Å². The van der Waals surface area contributed by atoms with E-state index in [0.29, 0.717) is 25.7 Å². The van der Waals surface area contributed by atoms with E-state index in [9.17, 15) is 43.2 Å². The molecule has 0 aliphatic heterocycles. The number of rotatable bonds is 79. The zero-order chi connectivity index (χ0) is 72.8. The lowest BCUT2D eigenvalue weighted by Crippen LogP contribution is -2.30. The molecule has 5 atom stereocenters. The summed E-state index contributed by atoms with van der Waals surface area (Å²) in [4.78, 5) is 73.0. The Kier molecular flexibility index (Phi) is 70.3. The predicted octanol–water partition coefficient (Wildman–Crippen LogP) is 23.9. The minimum Gasteiger partial charge on any atom is -0.462 e. The van der Waals surface area contributed by atoms with E-state index < -0.39 is 97.5 Å². The summed E-state index contributed by atoms with van der Waals surface area (Å²) in [5.74, 6) is -0.552. The highest BCUT2D eigenvalue weighted by Crippen LogP contribution is 2.45. The van der Waals surface area contributed by atoms with Gasteiger partial charge in [0, 0.05) is 25.7 Å². The highest BCUT2D eigenvalue weighted by atomic mass is 31.2. The fourth-order valence-corrected chi connectivity index (χ4v) is 13.9. The molecule has 0 aromatic rings. The van der Waals surface area contributed by atoms with Crippen molar-refractivity contribution < 1.29 is 80.2 Å². The second-order valence-corrected chi connectivity index (χ2v) is 32.7. The molecule has 0 fully saturated rings. The van der Waals surface area contributed by atoms with Crippen LogP contribution in [0.4, 0.5) is 0 Å². The smallest absolute Gasteiger partial charge is 0.462 e. The third-order valence-corrected chi connectivity index (χ3v) is 20.6. The average molecular weight is 1450 g/mol. The van der Waals surface area contributed by atoms with Gasteiger partial charge in [-0.2, -0.15) is 0 Å². The summed E-state index contributed by atoms with van der Waals surface area (Å²) in [6, 6.07) is 0. The number of ether oxygens (including phenoxy) is 4. The van der Waals surface area contributed by atoms with E-state index in [1.807, 2.05) is 0 Å². The van der Waals surface area contributed by atoms with Crippen molar-refractivity contribution in [3.05, 3.63) is 0 Å². The van der Waals surface area contributed by atoms with Crippen molar-refractivity contribution in [3.63, 3.8) is 0 Å². The summed E-state index contributed by atoms with van der Waals surface area (Å²) in [7, 11) is -9.92. The van der Waals surface area contributed by atoms with Gasteiger partial charge in [-0.25, -0.2) is 9.13 Å². The maximum Gasteiger partial charge on any atom is 0.472 e. The van der Waals surface area contributed by atoms with Gasteiger partial charge in [0.2, 0.25) is 0 Å². The number of esters is 4. The van der Waals surface area contributed by atoms with E-state index >= 15 is 0 Å². The lowest BCUT2D eigenvalue weighted by atomic mass is 10.0. The van der Waals surface area contributed by atoms with E-state index in [4.69, 9.17) is 37.0 Å². The minimum atomic E-state index is -4.96. The summed E-state index contributed by atoms with van der Waals surface area (Å²) in [5.41, 5.74) is 0. The van der Waals surface area contributed by atoms with Crippen molar-refractivity contribution in [2.75, 3.05) is 39.6 Å². The normalized spacial score (nSPS) is 13.9. The molecule has 0 heterocycles. The maximum absolute atomic E-state index is 13.1. The first-order valence-electron chi connectivity index (χ1n) is 41.5. The molecule has 0 spiro atoms. The van der Waals surface area contributed by atoms with Crippen molar-refractivity contribution in [1.82, 2.24) is 0 Å². The van der Waals surface area contributed by atoms with Gasteiger partial charge in [-0.3, -0.25) is 37.3 Å². The molecule has 0 radical (unpaired) electrons. The molecule has 588 valence electrons. The Bertz CT molecular complexity index is 1910. The highest BCUT2D eigenvalue weighted by molar-refractivity contribution is 7.47. The Morgan fingerprint density at radius 3 is 0.687 bits per heavy atom. The Labute approximate surface area is 607 Å². The second kappa shape index (κ2) is 71.7. The van der Waals surface area contributed by atoms with Crippen molar-refractivity contribution in [3.8, 4) is 0 Å². The van der Waals surface area contributed by atoms with Crippen molar-refractivity contribution in [2.24, 2.45) is 11.8 Å². The number of phosphoric acid groups is 2. The Hall–Kier alpha value is -1.94. The van der Waals surface area contributed by atoms with Crippen LogP contribution in [0.15, 0.2) is 0 Å². The number of phosphoric ester groups is 2. The standard InChI is InChI=1S/C80H156O17P2/c1-7-9-11-13-15-17-19-20-21-22-23-24-27-34-40-46-52-58-64-79(84)96-76(69-91-78(83)63-57-51-45-39-33-28-25-26-31-36-42-48-54-60-72(3)4)71-95-99(88,89)93-67-74(81)66-92-98(86,87)94-70-75(68-90-77(82)62-56-50-44-38-30-18-16-14-12-10-8-2)97-80(85)65-59-53-47-41-35-29-32-37-43-49-55-61-73(5)6/h72-76,81H,7-71H2,1-6H3,(H,86,87)(H,88,89)/t74-,75+,76+/m0/s1. The molecule has 0 aliphatic carbocycles. The van der Waals surface area contributed by atoms with Crippen LogP contribution in [0.25, 0.3) is 0 Å². The van der Waals surface area contributed by atoms with Gasteiger partial charge >= 0.3 is 39.5 Å². The topological polar surface area (TPSA) is 237 Å². The van der Waals surface area contributed by atoms with E-state index in [2.05, 4.69) is 41.5 Å². The van der Waals surface area contributed by atoms with Crippen LogP contribution in [0.2, 0.25) is 0 Å². The number of carbonyl (C=O) groups excluding carboxylic acids is 4. The fraction of sp³-hybridized carbons (Fsp3) is 0.950. The van der Waals surface area contributed by atoms with Crippen molar-refractivity contribution >= 4 is 39.5 Å². The van der Waals surface area contributed by atoms with E-state index in [0.717, 1.165) is 102 Å². The first-order valence-corrected chi connectivity index (χ1v) is 44.5. The van der Waals surface area contributed by atoms with Crippen LogP contribution < -0.4 is 0 Å². The molecular formula is C80H156O17P2. The highest BCUT2D eigenvalue weighted by Gasteiger charge is 2.30. The average Bonchev–Trinajstić information content (AvgIpc) is 0.973. The van der Waals surface area contributed by atoms with Crippen LogP contribution in [0.1, 0.15) is 420 Å². The number of unbranched alkanes of at least 4 members (excludes halogenated alkanes) is 49. The molecule has 0 aliphatic rings. The van der Waals surface area contributed by atoms with Gasteiger partial charge < -0.3 is 33.8 Å². The lowest BCUT2D eigenvalue weighted by molar-refractivity contribution is -0.161. The number of carbonyl (C=O) groups is 4. The summed E-state index contributed by atoms with van der Waals surface area (Å²) >= 11 is 0. The van der Waals surface area contributed by atoms with Crippen LogP contribution in [-0.4, -0.2) is 96.7 Å². The van der Waals surface area contributed by atoms with Gasteiger partial charge in [0.25, 0.3) is 0 Å². The molecule has 0 rings (SSSR count). The number of hydrogen-bond donors (Lipinski definition) is 3. The monoisotopic (exact) mass is 1450 g/mol. The van der Waals surface area contributed by atoms with E-state index in [1.165, 1.54) is 238 Å². The van der Waals surface area contributed by atoms with Crippen molar-refractivity contribution in [2.45, 2.75) is 439 Å². The maximum atomic E-state index is 13.1. The molecule has 2 unspecified atom stereocenters. The molecule has 0 saturated heterocycles. The van der Waals surface area contributed by atoms with E-state index in [-0.39, 0.29) is 25.7 Å². The zero-order valence-electron chi connectivity index (χ0n) is 64.8. The third kappa shape index (κ3) is 74.1. The molecule has 0 amide bonds. The Morgan fingerprint density at radius 2 is 0.465 bits per heavy atom. The summed E-state index contributed by atoms with van der Waals surface area (Å²) in [6.07, 6.45) is 60.9. The third-order valence-electron chi connectivity index (χ3n) is 18.7. The Morgan fingerprint density at radius 1 is 0.273 bits per heavy atom. The predicted molar refractivity (Wildman–Crippen MR) is 405 cm³/mol. The van der Waals surface area contributed by atoms with Crippen LogP contribution in [0.3, 0.4) is 0 Å². The van der Waals surface area contributed by atoms with Crippen LogP contribution in [0.5, 0.6) is 0 Å². The molecule has 3 N–H and O–H groups in total. The molecule has 17 nitrogen and oxygen atoms in total. The Balaban J connectivity index is 5.25. The molecule has 0 aromatic carbocycles. The summed E-state index contributed by atoms with van der Waals surface area (Å²) < 4.78 is 68.7. The summed E-state index contributed by atoms with van der Waals surface area (Å²) in [5, 5.41) is 10.6. The van der Waals surface area contributed by atoms with Crippen LogP contribution >= 0.6 is 15.6 Å². The largest absolute Gasteiger partial charge is 0.472 e. The van der Waals surface area contributed by atoms with Gasteiger partial charge in [-0.15, -0.1) is 0 Å². The van der Waals surface area contributed by atoms with Gasteiger partial charge in [0.15, 0.2) is 12.2 Å². The van der Waals surface area contributed by atoms with Crippen LogP contribution in [-0.2, 0) is 65.4 Å². The molecular weight excluding hydrogens is 1290 g/mol. The van der Waals surface area contributed by atoms with Gasteiger partial charge in [-0.05, 0) is 37.5 Å². The van der Waals surface area contributed by atoms with E-state index in [1.54, 1.807) is 0 Å². The fourth-order valence-electron chi connectivity index (χ4n) is 12.4. The quantitative estimate of drug-likeness (QED) is 0.0222. The number of hydrogen-bond acceptors (Lipinski definition) is 15. The molecule has 0 saturated carbocycles. The number of aliphatic hydroxyl groups excluding tert-OH is 1. The van der Waals surface area contributed by atoms with Gasteiger partial charge in [-0.1, -0.05) is 369 Å². The minimum absolute atomic E-state index is 0.107. The first kappa shape index (κ1) is 97.1. The zero-order valence-corrected chi connectivity index (χ0v) is 66.6. The molecule has 99 heavy (non-hydrogen) atoms. The SMILES string of the molecule is CCCCCCCCCCCCCCCCCCCCC(=O)O[C@H](COC(=O)CCCCCCCCCCCCCCCC(C)C)COP(=O)(O)OC[C@@H](O)COP(=O)(O)OC[C@@H](COC(=O)CCCCCCCCCCCCC)OC(=O)CCCCCCCCCCCCCC(C)C. The summed E-state index contributed by atoms with van der Waals surface area (Å²) in [6.45, 7) is 9.65. The van der Waals surface area contributed by atoms with Crippen LogP contribution in [0, 0.1) is 11.8 Å². The molecule has 0 bridgehead atoms. The molecule has 19 heteroatoms. The first-order chi connectivity index (χ1) is 47.9. The van der Waals surface area contributed by atoms with Gasteiger partial charge in [0.05, 0.1) is 26.4 Å². The molecule has 0 aromatic heterocycles. The lowest BCUT2D eigenvalue weighted by Gasteiger charge is -2.21. The van der Waals surface area contributed by atoms with Gasteiger partial charge in [0.1, 0.15) is 19.3 Å². The number of aliphatic hydroxyl groups is 1. The second-order valence-electron chi connectivity index (χ2n) is 29.8.